The van der Waals surface area contributed by atoms with Crippen molar-refractivity contribution in [2.75, 3.05) is 11.9 Å². The minimum atomic E-state index is -0.157. The normalized spacial score (nSPS) is 16.2. The van der Waals surface area contributed by atoms with Crippen molar-refractivity contribution in [3.05, 3.63) is 83.9 Å². The molecule has 1 saturated heterocycles. The van der Waals surface area contributed by atoms with E-state index in [0.29, 0.717) is 36.8 Å². The average Bonchev–Trinajstić information content (AvgIpc) is 3.37. The van der Waals surface area contributed by atoms with E-state index in [2.05, 4.69) is 45.6 Å². The first kappa shape index (κ1) is 23.7. The predicted molar refractivity (Wildman–Crippen MR) is 133 cm³/mol. The van der Waals surface area contributed by atoms with Gasteiger partial charge in [0, 0.05) is 55.7 Å². The Kier molecular flexibility index (Phi) is 8.09. The number of carbonyl (C=O) groups is 2. The number of amides is 2. The number of hydrogen-bond acceptors (Lipinski definition) is 4. The highest BCUT2D eigenvalue weighted by atomic mass is 16.2. The summed E-state index contributed by atoms with van der Waals surface area (Å²) < 4.78 is 1.85. The number of hydrogen-bond donors (Lipinski definition) is 2. The molecule has 0 spiro atoms. The zero-order chi connectivity index (χ0) is 23.8. The van der Waals surface area contributed by atoms with E-state index < -0.39 is 0 Å². The summed E-state index contributed by atoms with van der Waals surface area (Å²) in [5, 5.41) is 5.92. The highest BCUT2D eigenvalue weighted by Crippen LogP contribution is 2.21. The molecule has 178 valence electrons. The Morgan fingerprint density at radius 3 is 2.74 bits per heavy atom. The molecule has 1 unspecified atom stereocenters. The molecule has 1 aliphatic heterocycles. The molecule has 0 saturated carbocycles. The first-order chi connectivity index (χ1) is 16.6. The Morgan fingerprint density at radius 2 is 1.94 bits per heavy atom. The molecule has 1 atom stereocenters. The van der Waals surface area contributed by atoms with Gasteiger partial charge in [0.2, 0.25) is 5.91 Å². The van der Waals surface area contributed by atoms with Gasteiger partial charge < -0.3 is 15.2 Å². The molecule has 0 radical (unpaired) electrons. The molecule has 1 fully saturated rings. The molecule has 3 aromatic rings. The summed E-state index contributed by atoms with van der Waals surface area (Å²) in [6.45, 7) is 5.36. The summed E-state index contributed by atoms with van der Waals surface area (Å²) in [5.41, 5.74) is 3.53. The number of nitrogens with zero attached hydrogens (tertiary/aromatic N) is 3. The van der Waals surface area contributed by atoms with Gasteiger partial charge in [-0.3, -0.25) is 14.5 Å². The molecule has 0 bridgehead atoms. The van der Waals surface area contributed by atoms with Gasteiger partial charge in [-0.15, -0.1) is 0 Å². The molecule has 0 aliphatic carbocycles. The third-order valence-electron chi connectivity index (χ3n) is 6.44. The van der Waals surface area contributed by atoms with Crippen LogP contribution in [0.2, 0.25) is 0 Å². The zero-order valence-corrected chi connectivity index (χ0v) is 19.7. The van der Waals surface area contributed by atoms with Gasteiger partial charge in [0.1, 0.15) is 0 Å². The molecule has 1 aromatic heterocycles. The summed E-state index contributed by atoms with van der Waals surface area (Å²) in [4.78, 5) is 31.6. The Morgan fingerprint density at radius 1 is 1.09 bits per heavy atom. The number of anilines is 1. The Labute approximate surface area is 201 Å². The second kappa shape index (κ2) is 11.6. The minimum absolute atomic E-state index is 0.105. The summed E-state index contributed by atoms with van der Waals surface area (Å²) in [5.74, 6) is -0.261. The Bertz CT molecular complexity index is 1100. The van der Waals surface area contributed by atoms with Gasteiger partial charge >= 0.3 is 0 Å². The number of nitrogens with one attached hydrogen (secondary N) is 2. The molecule has 2 aromatic carbocycles. The number of likely N-dealkylation sites (tertiary alicyclic amines) is 1. The Hall–Kier alpha value is -3.45. The van der Waals surface area contributed by atoms with Crippen molar-refractivity contribution in [2.45, 2.75) is 58.3 Å². The highest BCUT2D eigenvalue weighted by molar-refractivity contribution is 5.97. The second-order valence-corrected chi connectivity index (χ2v) is 8.95. The van der Waals surface area contributed by atoms with Gasteiger partial charge in [-0.2, -0.15) is 0 Å². The van der Waals surface area contributed by atoms with Crippen LogP contribution in [0, 0.1) is 0 Å². The van der Waals surface area contributed by atoms with E-state index in [0.717, 1.165) is 18.7 Å². The van der Waals surface area contributed by atoms with Crippen LogP contribution in [-0.2, 0) is 24.4 Å². The van der Waals surface area contributed by atoms with Gasteiger partial charge in [0.15, 0.2) is 0 Å². The standard InChI is InChI=1S/C27H33N5O2/c1-21-7-4-5-14-32(21)19-24-9-3-2-8-23(24)18-29-27(34)22-10-6-11-25(17-22)30-26(33)12-15-31-16-13-28-20-31/h2-3,6,8-11,13,16-17,20-21H,4-5,7,12,14-15,18-19H2,1H3,(H,29,34)(H,30,33). The number of piperidine rings is 1. The second-order valence-electron chi connectivity index (χ2n) is 8.95. The van der Waals surface area contributed by atoms with E-state index >= 15 is 0 Å². The largest absolute Gasteiger partial charge is 0.348 e. The van der Waals surface area contributed by atoms with Crippen LogP contribution < -0.4 is 10.6 Å². The van der Waals surface area contributed by atoms with Crippen molar-refractivity contribution in [1.82, 2.24) is 19.8 Å². The lowest BCUT2D eigenvalue weighted by molar-refractivity contribution is -0.116. The molecular formula is C27H33N5O2. The number of imidazole rings is 1. The third kappa shape index (κ3) is 6.54. The number of aryl methyl sites for hydroxylation is 1. The fourth-order valence-electron chi connectivity index (χ4n) is 4.38. The molecule has 2 amide bonds. The fraction of sp³-hybridized carbons (Fsp3) is 0.370. The van der Waals surface area contributed by atoms with E-state index in [-0.39, 0.29) is 11.8 Å². The summed E-state index contributed by atoms with van der Waals surface area (Å²) >= 11 is 0. The van der Waals surface area contributed by atoms with Crippen LogP contribution in [0.5, 0.6) is 0 Å². The molecular weight excluding hydrogens is 426 g/mol. The molecule has 7 heteroatoms. The first-order valence-electron chi connectivity index (χ1n) is 12.0. The van der Waals surface area contributed by atoms with Gasteiger partial charge in [0.05, 0.1) is 6.33 Å². The number of rotatable bonds is 9. The van der Waals surface area contributed by atoms with E-state index in [1.807, 2.05) is 16.8 Å². The molecule has 4 rings (SSSR count). The van der Waals surface area contributed by atoms with Crippen LogP contribution in [0.3, 0.4) is 0 Å². The van der Waals surface area contributed by atoms with E-state index in [1.165, 1.54) is 24.8 Å². The number of aromatic nitrogens is 2. The number of benzene rings is 2. The highest BCUT2D eigenvalue weighted by Gasteiger charge is 2.19. The lowest BCUT2D eigenvalue weighted by Gasteiger charge is -2.33. The van der Waals surface area contributed by atoms with Crippen LogP contribution >= 0.6 is 0 Å². The molecule has 2 heterocycles. The van der Waals surface area contributed by atoms with Crippen LogP contribution in [0.1, 0.15) is 54.1 Å². The Balaban J connectivity index is 1.32. The van der Waals surface area contributed by atoms with Crippen molar-refractivity contribution < 1.29 is 9.59 Å². The van der Waals surface area contributed by atoms with Gasteiger partial charge in [-0.05, 0) is 55.6 Å². The monoisotopic (exact) mass is 459 g/mol. The topological polar surface area (TPSA) is 79.3 Å². The maximum absolute atomic E-state index is 12.8. The average molecular weight is 460 g/mol. The smallest absolute Gasteiger partial charge is 0.251 e. The maximum atomic E-state index is 12.8. The molecule has 1 aliphatic rings. The van der Waals surface area contributed by atoms with Crippen molar-refractivity contribution in [3.63, 3.8) is 0 Å². The van der Waals surface area contributed by atoms with Gasteiger partial charge in [0.25, 0.3) is 5.91 Å². The summed E-state index contributed by atoms with van der Waals surface area (Å²) in [6, 6.07) is 16.0. The van der Waals surface area contributed by atoms with Gasteiger partial charge in [-0.25, -0.2) is 4.98 Å². The van der Waals surface area contributed by atoms with Crippen LogP contribution in [0.4, 0.5) is 5.69 Å². The van der Waals surface area contributed by atoms with Crippen LogP contribution in [0.15, 0.2) is 67.3 Å². The van der Waals surface area contributed by atoms with Crippen molar-refractivity contribution in [3.8, 4) is 0 Å². The molecule has 2 N–H and O–H groups in total. The van der Waals surface area contributed by atoms with Crippen molar-refractivity contribution >= 4 is 17.5 Å². The minimum Gasteiger partial charge on any atom is -0.348 e. The molecule has 34 heavy (non-hydrogen) atoms. The SMILES string of the molecule is CC1CCCCN1Cc1ccccc1CNC(=O)c1cccc(NC(=O)CCn2ccnc2)c1. The van der Waals surface area contributed by atoms with Crippen LogP contribution in [0.25, 0.3) is 0 Å². The van der Waals surface area contributed by atoms with Crippen molar-refractivity contribution in [2.24, 2.45) is 0 Å². The van der Waals surface area contributed by atoms with E-state index in [1.54, 1.807) is 36.8 Å². The lowest BCUT2D eigenvalue weighted by Crippen LogP contribution is -2.37. The van der Waals surface area contributed by atoms with Gasteiger partial charge in [-0.1, -0.05) is 36.8 Å². The first-order valence-corrected chi connectivity index (χ1v) is 12.0. The summed E-state index contributed by atoms with van der Waals surface area (Å²) in [6.07, 6.45) is 9.33. The number of carbonyl (C=O) groups excluding carboxylic acids is 2. The maximum Gasteiger partial charge on any atom is 0.251 e. The zero-order valence-electron chi connectivity index (χ0n) is 19.7. The quantitative estimate of drug-likeness (QED) is 0.502. The van der Waals surface area contributed by atoms with Crippen molar-refractivity contribution in [1.29, 1.82) is 0 Å². The fourth-order valence-corrected chi connectivity index (χ4v) is 4.38. The molecule has 7 nitrogen and oxygen atoms in total. The lowest BCUT2D eigenvalue weighted by atomic mass is 10.0. The van der Waals surface area contributed by atoms with E-state index in [9.17, 15) is 9.59 Å². The predicted octanol–water partition coefficient (Wildman–Crippen LogP) is 4.22. The third-order valence-corrected chi connectivity index (χ3v) is 6.44. The van der Waals surface area contributed by atoms with Crippen LogP contribution in [-0.4, -0.2) is 38.9 Å². The van der Waals surface area contributed by atoms with E-state index in [4.69, 9.17) is 0 Å². The summed E-state index contributed by atoms with van der Waals surface area (Å²) in [7, 11) is 0.